The number of aromatic nitrogens is 3. The van der Waals surface area contributed by atoms with Crippen LogP contribution in [0, 0.1) is 13.8 Å². The summed E-state index contributed by atoms with van der Waals surface area (Å²) in [5.74, 6) is 0.274. The molecule has 0 aliphatic heterocycles. The fraction of sp³-hybridized carbons (Fsp3) is 0.111. The lowest BCUT2D eigenvalue weighted by Gasteiger charge is -2.09. The number of aryl methyl sites for hydroxylation is 2. The average Bonchev–Trinajstić information content (AvgIpc) is 2.55. The summed E-state index contributed by atoms with van der Waals surface area (Å²) in [7, 11) is 0. The molecule has 0 saturated heterocycles. The van der Waals surface area contributed by atoms with E-state index in [2.05, 4.69) is 25.6 Å². The molecule has 1 aromatic carbocycles. The number of carbonyl (C=O) groups is 1. The van der Waals surface area contributed by atoms with Gasteiger partial charge in [0.1, 0.15) is 5.69 Å². The number of rotatable bonds is 4. The molecule has 3 aromatic rings. The predicted octanol–water partition coefficient (Wildman–Crippen LogP) is 3.48. The molecular weight excluding hydrogens is 302 g/mol. The Labute approximate surface area is 140 Å². The van der Waals surface area contributed by atoms with Gasteiger partial charge in [0.2, 0.25) is 5.95 Å². The van der Waals surface area contributed by atoms with Crippen molar-refractivity contribution in [2.45, 2.75) is 13.8 Å². The monoisotopic (exact) mass is 319 g/mol. The summed E-state index contributed by atoms with van der Waals surface area (Å²) in [5, 5.41) is 5.97. The van der Waals surface area contributed by atoms with Crippen LogP contribution in [0.25, 0.3) is 0 Å². The summed E-state index contributed by atoms with van der Waals surface area (Å²) >= 11 is 0. The van der Waals surface area contributed by atoms with Gasteiger partial charge in [0.05, 0.1) is 0 Å². The minimum Gasteiger partial charge on any atom is -0.324 e. The number of amides is 1. The summed E-state index contributed by atoms with van der Waals surface area (Å²) in [6.07, 6.45) is 1.59. The zero-order chi connectivity index (χ0) is 16.9. The summed E-state index contributed by atoms with van der Waals surface area (Å²) in [6, 6.07) is 14.5. The number of benzene rings is 1. The van der Waals surface area contributed by atoms with Crippen molar-refractivity contribution >= 4 is 23.2 Å². The number of nitrogens with zero attached hydrogens (tertiary/aromatic N) is 3. The van der Waals surface area contributed by atoms with Gasteiger partial charge in [-0.3, -0.25) is 9.78 Å². The maximum absolute atomic E-state index is 12.2. The molecule has 120 valence electrons. The number of pyridine rings is 1. The Kier molecular flexibility index (Phi) is 4.47. The lowest BCUT2D eigenvalue weighted by atomic mass is 10.2. The van der Waals surface area contributed by atoms with Gasteiger partial charge in [0.15, 0.2) is 0 Å². The number of anilines is 3. The molecule has 0 bridgehead atoms. The van der Waals surface area contributed by atoms with Gasteiger partial charge in [-0.25, -0.2) is 9.97 Å². The van der Waals surface area contributed by atoms with E-state index in [1.54, 1.807) is 24.4 Å². The zero-order valence-corrected chi connectivity index (χ0v) is 13.4. The Morgan fingerprint density at radius 1 is 0.917 bits per heavy atom. The van der Waals surface area contributed by atoms with Gasteiger partial charge in [0, 0.05) is 29.0 Å². The van der Waals surface area contributed by atoms with E-state index in [1.807, 2.05) is 44.2 Å². The second-order valence-electron chi connectivity index (χ2n) is 5.35. The van der Waals surface area contributed by atoms with Crippen molar-refractivity contribution in [2.75, 3.05) is 10.6 Å². The van der Waals surface area contributed by atoms with Gasteiger partial charge in [-0.1, -0.05) is 12.1 Å². The van der Waals surface area contributed by atoms with Gasteiger partial charge >= 0.3 is 0 Å². The molecule has 0 aliphatic rings. The zero-order valence-electron chi connectivity index (χ0n) is 13.4. The van der Waals surface area contributed by atoms with E-state index in [1.165, 1.54) is 0 Å². The van der Waals surface area contributed by atoms with Crippen LogP contribution in [-0.4, -0.2) is 20.9 Å². The van der Waals surface area contributed by atoms with Crippen molar-refractivity contribution in [3.63, 3.8) is 0 Å². The van der Waals surface area contributed by atoms with Crippen LogP contribution in [0.1, 0.15) is 21.9 Å². The van der Waals surface area contributed by atoms with Crippen molar-refractivity contribution in [1.82, 2.24) is 15.0 Å². The lowest BCUT2D eigenvalue weighted by molar-refractivity contribution is 0.102. The molecule has 0 atom stereocenters. The third kappa shape index (κ3) is 3.92. The van der Waals surface area contributed by atoms with Crippen LogP contribution in [0.3, 0.4) is 0 Å². The molecule has 0 spiro atoms. The molecule has 0 fully saturated rings. The molecule has 0 radical (unpaired) electrons. The van der Waals surface area contributed by atoms with Gasteiger partial charge in [-0.2, -0.15) is 0 Å². The molecule has 6 heteroatoms. The Morgan fingerprint density at radius 3 is 2.38 bits per heavy atom. The van der Waals surface area contributed by atoms with Gasteiger partial charge in [-0.15, -0.1) is 0 Å². The SMILES string of the molecule is Cc1cc(C)nc(Nc2cccc(NC(=O)c3ccccn3)c2)n1. The third-order valence-corrected chi connectivity index (χ3v) is 3.26. The van der Waals surface area contributed by atoms with E-state index in [4.69, 9.17) is 0 Å². The molecule has 1 amide bonds. The normalized spacial score (nSPS) is 10.2. The molecule has 2 aromatic heterocycles. The van der Waals surface area contributed by atoms with Crippen LogP contribution >= 0.6 is 0 Å². The molecule has 0 aliphatic carbocycles. The van der Waals surface area contributed by atoms with E-state index in [-0.39, 0.29) is 5.91 Å². The highest BCUT2D eigenvalue weighted by Crippen LogP contribution is 2.19. The maximum atomic E-state index is 12.2. The van der Waals surface area contributed by atoms with E-state index in [0.717, 1.165) is 17.1 Å². The molecule has 0 saturated carbocycles. The molecular formula is C18H17N5O. The highest BCUT2D eigenvalue weighted by molar-refractivity contribution is 6.03. The highest BCUT2D eigenvalue weighted by atomic mass is 16.1. The predicted molar refractivity (Wildman–Crippen MR) is 93.4 cm³/mol. The Morgan fingerprint density at radius 2 is 1.67 bits per heavy atom. The first-order chi connectivity index (χ1) is 11.6. The van der Waals surface area contributed by atoms with Crippen molar-refractivity contribution in [2.24, 2.45) is 0 Å². The largest absolute Gasteiger partial charge is 0.324 e. The molecule has 6 nitrogen and oxygen atoms in total. The minimum atomic E-state index is -0.254. The van der Waals surface area contributed by atoms with Gasteiger partial charge < -0.3 is 10.6 Å². The topological polar surface area (TPSA) is 79.8 Å². The molecule has 2 heterocycles. The van der Waals surface area contributed by atoms with Crippen molar-refractivity contribution < 1.29 is 4.79 Å². The van der Waals surface area contributed by atoms with E-state index in [0.29, 0.717) is 17.3 Å². The molecule has 0 unspecified atom stereocenters. The first kappa shape index (κ1) is 15.6. The third-order valence-electron chi connectivity index (χ3n) is 3.26. The van der Waals surface area contributed by atoms with Gasteiger partial charge in [-0.05, 0) is 50.2 Å². The van der Waals surface area contributed by atoms with Crippen LogP contribution in [0.2, 0.25) is 0 Å². The van der Waals surface area contributed by atoms with Crippen LogP contribution in [0.5, 0.6) is 0 Å². The van der Waals surface area contributed by atoms with E-state index in [9.17, 15) is 4.79 Å². The Bertz CT molecular complexity index is 844. The Balaban J connectivity index is 1.75. The van der Waals surface area contributed by atoms with Crippen LogP contribution in [0.15, 0.2) is 54.7 Å². The summed E-state index contributed by atoms with van der Waals surface area (Å²) < 4.78 is 0. The molecule has 24 heavy (non-hydrogen) atoms. The minimum absolute atomic E-state index is 0.254. The van der Waals surface area contributed by atoms with Gasteiger partial charge in [0.25, 0.3) is 5.91 Å². The molecule has 3 rings (SSSR count). The number of nitrogens with one attached hydrogen (secondary N) is 2. The Hall–Kier alpha value is -3.28. The van der Waals surface area contributed by atoms with Crippen LogP contribution in [0.4, 0.5) is 17.3 Å². The van der Waals surface area contributed by atoms with Crippen LogP contribution in [-0.2, 0) is 0 Å². The second-order valence-corrected chi connectivity index (χ2v) is 5.35. The standard InChI is InChI=1S/C18H17N5O/c1-12-10-13(2)21-18(20-12)23-15-7-5-6-14(11-15)22-17(24)16-8-3-4-9-19-16/h3-11H,1-2H3,(H,22,24)(H,20,21,23). The first-order valence-electron chi connectivity index (χ1n) is 7.52. The lowest BCUT2D eigenvalue weighted by Crippen LogP contribution is -2.13. The summed E-state index contributed by atoms with van der Waals surface area (Å²) in [5.41, 5.74) is 3.61. The van der Waals surface area contributed by atoms with E-state index < -0.39 is 0 Å². The number of hydrogen-bond donors (Lipinski definition) is 2. The van der Waals surface area contributed by atoms with Crippen molar-refractivity contribution in [3.8, 4) is 0 Å². The quantitative estimate of drug-likeness (QED) is 0.769. The number of hydrogen-bond acceptors (Lipinski definition) is 5. The van der Waals surface area contributed by atoms with Crippen molar-refractivity contribution in [3.05, 3.63) is 71.8 Å². The van der Waals surface area contributed by atoms with Crippen molar-refractivity contribution in [1.29, 1.82) is 0 Å². The summed E-state index contributed by atoms with van der Waals surface area (Å²) in [6.45, 7) is 3.84. The average molecular weight is 319 g/mol. The second kappa shape index (κ2) is 6.87. The molecule has 2 N–H and O–H groups in total. The van der Waals surface area contributed by atoms with E-state index >= 15 is 0 Å². The number of carbonyl (C=O) groups excluding carboxylic acids is 1. The summed E-state index contributed by atoms with van der Waals surface area (Å²) in [4.78, 5) is 24.9. The fourth-order valence-corrected chi connectivity index (χ4v) is 2.28. The highest BCUT2D eigenvalue weighted by Gasteiger charge is 2.07. The fourth-order valence-electron chi connectivity index (χ4n) is 2.28. The van der Waals surface area contributed by atoms with Crippen LogP contribution < -0.4 is 10.6 Å². The first-order valence-corrected chi connectivity index (χ1v) is 7.52. The smallest absolute Gasteiger partial charge is 0.274 e. The maximum Gasteiger partial charge on any atom is 0.274 e.